The van der Waals surface area contributed by atoms with Gasteiger partial charge in [0, 0.05) is 6.42 Å². The first kappa shape index (κ1) is 21.0. The molecule has 2 N–H and O–H groups in total. The number of hydrogen-bond donors (Lipinski definition) is 0. The van der Waals surface area contributed by atoms with E-state index >= 15 is 0 Å². The van der Waals surface area contributed by atoms with Gasteiger partial charge in [0.2, 0.25) is 0 Å². The van der Waals surface area contributed by atoms with Gasteiger partial charge in [-0.3, -0.25) is 4.79 Å². The molecule has 4 aliphatic carbocycles. The lowest BCUT2D eigenvalue weighted by Gasteiger charge is -2.33. The van der Waals surface area contributed by atoms with E-state index in [1.807, 2.05) is 6.08 Å². The molecular weight excluding hydrogens is 402 g/mol. The summed E-state index contributed by atoms with van der Waals surface area (Å²) in [6.45, 7) is 0. The summed E-state index contributed by atoms with van der Waals surface area (Å²) >= 11 is 0. The monoisotopic (exact) mass is 427 g/mol. The van der Waals surface area contributed by atoms with E-state index in [1.165, 1.54) is 0 Å². The van der Waals surface area contributed by atoms with Crippen LogP contribution in [-0.2, 0) is 9.53 Å². The molecule has 3 nitrogen and oxygen atoms in total. The fourth-order valence-corrected chi connectivity index (χ4v) is 6.06. The molecule has 9 heteroatoms. The number of fused-ring (bicyclic) bond motifs is 4. The Balaban J connectivity index is 1.39. The number of rotatable bonds is 4. The van der Waals surface area contributed by atoms with E-state index in [0.29, 0.717) is 18.8 Å². The Bertz CT molecular complexity index is 671. The van der Waals surface area contributed by atoms with Gasteiger partial charge in [-0.15, -0.1) is 0 Å². The molecule has 7 unspecified atom stereocenters. The van der Waals surface area contributed by atoms with Crippen LogP contribution in [0.5, 0.6) is 0 Å². The number of ether oxygens (including phenoxy) is 1. The van der Waals surface area contributed by atoms with Crippen LogP contribution < -0.4 is 0 Å². The molecule has 0 spiro atoms. The summed E-state index contributed by atoms with van der Waals surface area (Å²) in [7, 11) is 0. The summed E-state index contributed by atoms with van der Waals surface area (Å²) in [5, 5.41) is 7.22. The van der Waals surface area contributed by atoms with Crippen molar-refractivity contribution in [1.82, 2.24) is 0 Å². The predicted molar refractivity (Wildman–Crippen MR) is 90.7 cm³/mol. The Kier molecular flexibility index (Phi) is 4.99. The van der Waals surface area contributed by atoms with Crippen LogP contribution in [0.4, 0.5) is 26.3 Å². The predicted octanol–water partition coefficient (Wildman–Crippen LogP) is 4.52. The van der Waals surface area contributed by atoms with Crippen LogP contribution >= 0.6 is 0 Å². The minimum atomic E-state index is -5.68. The Labute approximate surface area is 164 Å². The highest BCUT2D eigenvalue weighted by Gasteiger charge is 2.76. The SMILES string of the molecule is O=C(OC1CC2CC(C1)C(CC([OH2+])(C(F)(F)F)C(F)(F)F)C2)C1CC2C=CC1C2. The van der Waals surface area contributed by atoms with Crippen LogP contribution in [0.15, 0.2) is 12.2 Å². The Morgan fingerprint density at radius 3 is 2.17 bits per heavy atom. The van der Waals surface area contributed by atoms with Crippen LogP contribution in [0, 0.1) is 35.5 Å². The molecule has 4 bridgehead atoms. The number of allylic oxidation sites excluding steroid dienone is 2. The van der Waals surface area contributed by atoms with Crippen LogP contribution in [0.1, 0.15) is 44.9 Å². The van der Waals surface area contributed by atoms with Crippen molar-refractivity contribution < 1.29 is 41.0 Å². The van der Waals surface area contributed by atoms with Gasteiger partial charge in [0.1, 0.15) is 6.10 Å². The highest BCUT2D eigenvalue weighted by Crippen LogP contribution is 2.54. The average Bonchev–Trinajstić information content (AvgIpc) is 3.28. The molecule has 4 rings (SSSR count). The number of esters is 1. The maximum absolute atomic E-state index is 13.1. The van der Waals surface area contributed by atoms with Gasteiger partial charge in [0.05, 0.1) is 5.92 Å². The molecule has 3 fully saturated rings. The molecule has 0 aliphatic heterocycles. The van der Waals surface area contributed by atoms with Crippen molar-refractivity contribution in [2.45, 2.75) is 69.0 Å². The summed E-state index contributed by atoms with van der Waals surface area (Å²) in [5.41, 5.74) is -4.45. The first-order valence-electron chi connectivity index (χ1n) is 10.1. The summed E-state index contributed by atoms with van der Waals surface area (Å²) in [5.74, 6) is -1.15. The standard InChI is InChI=1S/C20H24F6O3/c21-19(22,23)18(28,20(24,25)26)9-14-5-11-4-13(14)8-15(6-11)29-17(27)16-7-10-1-2-12(16)3-10/h1-2,10-16,28H,3-9H2/p+1. The molecule has 4 aliphatic rings. The highest BCUT2D eigenvalue weighted by molar-refractivity contribution is 5.74. The number of carbonyl (C=O) groups excluding carboxylic acids is 1. The molecule has 0 aromatic rings. The van der Waals surface area contributed by atoms with Crippen LogP contribution in [0.2, 0.25) is 0 Å². The molecular formula is C20H25F6O3+. The van der Waals surface area contributed by atoms with Gasteiger partial charge in [-0.1, -0.05) is 12.2 Å². The van der Waals surface area contributed by atoms with E-state index in [4.69, 9.17) is 9.84 Å². The minimum Gasteiger partial charge on any atom is -0.462 e. The first-order valence-corrected chi connectivity index (χ1v) is 10.1. The molecule has 3 saturated carbocycles. The fourth-order valence-electron chi connectivity index (χ4n) is 6.06. The molecule has 0 saturated heterocycles. The van der Waals surface area contributed by atoms with Crippen LogP contribution in [0.3, 0.4) is 0 Å². The third-order valence-corrected chi connectivity index (χ3v) is 7.50. The molecule has 0 heterocycles. The lowest BCUT2D eigenvalue weighted by molar-refractivity contribution is -0.373. The zero-order valence-electron chi connectivity index (χ0n) is 15.7. The van der Waals surface area contributed by atoms with Crippen molar-refractivity contribution in [3.05, 3.63) is 12.2 Å². The van der Waals surface area contributed by atoms with Crippen molar-refractivity contribution in [1.29, 1.82) is 0 Å². The summed E-state index contributed by atoms with van der Waals surface area (Å²) in [6, 6.07) is 0. The average molecular weight is 427 g/mol. The fraction of sp³-hybridized carbons (Fsp3) is 0.850. The lowest BCUT2D eigenvalue weighted by Crippen LogP contribution is -2.58. The van der Waals surface area contributed by atoms with Gasteiger partial charge in [-0.05, 0) is 68.1 Å². The highest BCUT2D eigenvalue weighted by atomic mass is 19.4. The normalized spacial score (nSPS) is 39.2. The largest absolute Gasteiger partial charge is 0.475 e. The molecule has 7 atom stereocenters. The minimum absolute atomic E-state index is 0.0535. The maximum Gasteiger partial charge on any atom is 0.475 e. The number of alkyl halides is 6. The maximum atomic E-state index is 13.1. The topological polar surface area (TPSA) is 49.2 Å². The van der Waals surface area contributed by atoms with Crippen molar-refractivity contribution >= 4 is 5.97 Å². The smallest absolute Gasteiger partial charge is 0.462 e. The molecule has 0 amide bonds. The van der Waals surface area contributed by atoms with Crippen molar-refractivity contribution in [3.8, 4) is 0 Å². The van der Waals surface area contributed by atoms with E-state index in [1.54, 1.807) is 0 Å². The molecule has 0 aromatic carbocycles. The second-order valence-electron chi connectivity index (χ2n) is 9.38. The third kappa shape index (κ3) is 3.68. The van der Waals surface area contributed by atoms with Crippen molar-refractivity contribution in [2.24, 2.45) is 35.5 Å². The summed E-state index contributed by atoms with van der Waals surface area (Å²) in [6.07, 6.45) is -5.71. The first-order chi connectivity index (χ1) is 13.4. The van der Waals surface area contributed by atoms with E-state index in [-0.39, 0.29) is 42.5 Å². The number of hydrogen-bond acceptors (Lipinski definition) is 2. The summed E-state index contributed by atoms with van der Waals surface area (Å²) in [4.78, 5) is 12.5. The van der Waals surface area contributed by atoms with Crippen molar-refractivity contribution in [2.75, 3.05) is 0 Å². The van der Waals surface area contributed by atoms with Gasteiger partial charge in [0.15, 0.2) is 0 Å². The zero-order chi connectivity index (χ0) is 21.2. The van der Waals surface area contributed by atoms with E-state index < -0.39 is 36.4 Å². The second-order valence-corrected chi connectivity index (χ2v) is 9.38. The Hall–Kier alpha value is -1.25. The Morgan fingerprint density at radius 2 is 1.62 bits per heavy atom. The van der Waals surface area contributed by atoms with Gasteiger partial charge in [-0.25, -0.2) is 0 Å². The van der Waals surface area contributed by atoms with Crippen LogP contribution in [-0.4, -0.2) is 35.1 Å². The summed E-state index contributed by atoms with van der Waals surface area (Å²) < 4.78 is 84.3. The molecule has 0 radical (unpaired) electrons. The van der Waals surface area contributed by atoms with Gasteiger partial charge in [-0.2, -0.15) is 26.3 Å². The van der Waals surface area contributed by atoms with Gasteiger partial charge < -0.3 is 9.84 Å². The number of halogens is 6. The zero-order valence-corrected chi connectivity index (χ0v) is 15.7. The quantitative estimate of drug-likeness (QED) is 0.287. The Morgan fingerprint density at radius 1 is 0.931 bits per heavy atom. The second kappa shape index (κ2) is 6.89. The molecule has 29 heavy (non-hydrogen) atoms. The molecule has 0 aromatic heterocycles. The number of carbonyl (C=O) groups is 1. The third-order valence-electron chi connectivity index (χ3n) is 7.50. The van der Waals surface area contributed by atoms with E-state index in [9.17, 15) is 31.1 Å². The van der Waals surface area contributed by atoms with Gasteiger partial charge >= 0.3 is 23.9 Å². The van der Waals surface area contributed by atoms with Crippen LogP contribution in [0.25, 0.3) is 0 Å². The van der Waals surface area contributed by atoms with Crippen molar-refractivity contribution in [3.63, 3.8) is 0 Å². The van der Waals surface area contributed by atoms with E-state index in [2.05, 4.69) is 6.08 Å². The van der Waals surface area contributed by atoms with E-state index in [0.717, 1.165) is 12.8 Å². The van der Waals surface area contributed by atoms with Gasteiger partial charge in [0.25, 0.3) is 0 Å². The molecule has 164 valence electrons. The lowest BCUT2D eigenvalue weighted by atomic mass is 9.80.